The predicted molar refractivity (Wildman–Crippen MR) is 147 cm³/mol. The number of hydrogen-bond donors (Lipinski definition) is 2. The van der Waals surface area contributed by atoms with Gasteiger partial charge in [-0.05, 0) is 67.2 Å². The SMILES string of the molecule is CC/C=C1/N=CC(NC(C)c2cccc(NC(=O)c3cc(C)c(Cl)s3)c2)P/C1=C\CC(C)C. The number of halogens is 1. The molecule has 33 heavy (non-hydrogen) atoms. The van der Waals surface area contributed by atoms with Crippen molar-refractivity contribution in [2.24, 2.45) is 10.9 Å². The van der Waals surface area contributed by atoms with Crippen molar-refractivity contribution in [3.05, 3.63) is 73.8 Å². The van der Waals surface area contributed by atoms with E-state index < -0.39 is 0 Å². The number of nitrogens with one attached hydrogen (secondary N) is 2. The van der Waals surface area contributed by atoms with Crippen LogP contribution in [0.1, 0.15) is 67.4 Å². The highest BCUT2D eigenvalue weighted by Gasteiger charge is 2.20. The smallest absolute Gasteiger partial charge is 0.265 e. The first-order valence-corrected chi connectivity index (χ1v) is 13.7. The van der Waals surface area contributed by atoms with Gasteiger partial charge < -0.3 is 5.32 Å². The lowest BCUT2D eigenvalue weighted by atomic mass is 10.1. The first kappa shape index (κ1) is 25.8. The number of carbonyl (C=O) groups is 1. The largest absolute Gasteiger partial charge is 0.321 e. The minimum absolute atomic E-state index is 0.118. The van der Waals surface area contributed by atoms with Crippen LogP contribution in [-0.2, 0) is 0 Å². The van der Waals surface area contributed by atoms with Gasteiger partial charge in [0, 0.05) is 17.9 Å². The van der Waals surface area contributed by atoms with Crippen LogP contribution in [0.25, 0.3) is 0 Å². The molecule has 0 saturated heterocycles. The molecule has 3 atom stereocenters. The summed E-state index contributed by atoms with van der Waals surface area (Å²) in [7, 11) is 0.639. The van der Waals surface area contributed by atoms with E-state index in [0.717, 1.165) is 35.4 Å². The highest BCUT2D eigenvalue weighted by molar-refractivity contribution is 7.45. The lowest BCUT2D eigenvalue weighted by Crippen LogP contribution is -2.30. The number of aryl methyl sites for hydroxylation is 1. The number of carbonyl (C=O) groups excluding carboxylic acids is 1. The van der Waals surface area contributed by atoms with Crippen LogP contribution in [0.5, 0.6) is 0 Å². The maximum atomic E-state index is 12.6. The average molecular weight is 502 g/mol. The van der Waals surface area contributed by atoms with E-state index in [-0.39, 0.29) is 17.7 Å². The molecule has 3 unspecified atom stereocenters. The Morgan fingerprint density at radius 1 is 1.27 bits per heavy atom. The lowest BCUT2D eigenvalue weighted by Gasteiger charge is -2.26. The summed E-state index contributed by atoms with van der Waals surface area (Å²) in [5, 5.41) is 8.05. The molecular weight excluding hydrogens is 469 g/mol. The monoisotopic (exact) mass is 501 g/mol. The van der Waals surface area contributed by atoms with Crippen molar-refractivity contribution in [1.82, 2.24) is 5.32 Å². The summed E-state index contributed by atoms with van der Waals surface area (Å²) in [6.07, 6.45) is 8.66. The van der Waals surface area contributed by atoms with Crippen LogP contribution in [0.3, 0.4) is 0 Å². The van der Waals surface area contributed by atoms with Crippen LogP contribution in [0.2, 0.25) is 4.34 Å². The minimum Gasteiger partial charge on any atom is -0.321 e. The van der Waals surface area contributed by atoms with Gasteiger partial charge in [0.1, 0.15) is 0 Å². The molecule has 1 aliphatic rings. The van der Waals surface area contributed by atoms with E-state index in [9.17, 15) is 4.79 Å². The van der Waals surface area contributed by atoms with E-state index in [0.29, 0.717) is 23.7 Å². The molecule has 0 spiro atoms. The molecule has 2 N–H and O–H groups in total. The Morgan fingerprint density at radius 3 is 2.73 bits per heavy atom. The molecule has 176 valence electrons. The van der Waals surface area contributed by atoms with Crippen molar-refractivity contribution in [3.8, 4) is 0 Å². The van der Waals surface area contributed by atoms with Gasteiger partial charge in [-0.25, -0.2) is 0 Å². The Balaban J connectivity index is 1.68. The summed E-state index contributed by atoms with van der Waals surface area (Å²) >= 11 is 7.42. The molecule has 3 rings (SSSR count). The van der Waals surface area contributed by atoms with Gasteiger partial charge in [-0.2, -0.15) is 0 Å². The van der Waals surface area contributed by atoms with Gasteiger partial charge in [0.25, 0.3) is 5.91 Å². The van der Waals surface area contributed by atoms with Crippen LogP contribution in [0.15, 0.2) is 58.5 Å². The molecule has 2 aromatic rings. The summed E-state index contributed by atoms with van der Waals surface area (Å²) in [6.45, 7) is 10.7. The zero-order valence-electron chi connectivity index (χ0n) is 19.9. The first-order chi connectivity index (χ1) is 15.8. The number of allylic oxidation sites excluding steroid dienone is 3. The van der Waals surface area contributed by atoms with Gasteiger partial charge in [0.2, 0.25) is 0 Å². The summed E-state index contributed by atoms with van der Waals surface area (Å²) in [6, 6.07) is 9.94. The van der Waals surface area contributed by atoms with E-state index in [1.165, 1.54) is 16.7 Å². The van der Waals surface area contributed by atoms with Crippen LogP contribution in [0, 0.1) is 12.8 Å². The number of rotatable bonds is 8. The van der Waals surface area contributed by atoms with Crippen molar-refractivity contribution < 1.29 is 4.79 Å². The fourth-order valence-electron chi connectivity index (χ4n) is 3.48. The molecule has 1 aliphatic heterocycles. The average Bonchev–Trinajstić information content (AvgIpc) is 3.12. The summed E-state index contributed by atoms with van der Waals surface area (Å²) in [4.78, 5) is 18.0. The van der Waals surface area contributed by atoms with Crippen LogP contribution >= 0.6 is 31.5 Å². The number of anilines is 1. The second kappa shape index (κ2) is 12.1. The number of aliphatic imine (C=N–C) groups is 1. The lowest BCUT2D eigenvalue weighted by molar-refractivity contribution is 0.103. The molecule has 1 aromatic heterocycles. The van der Waals surface area contributed by atoms with Gasteiger partial charge in [0.05, 0.1) is 20.7 Å². The van der Waals surface area contributed by atoms with Crippen molar-refractivity contribution >= 4 is 49.3 Å². The Morgan fingerprint density at radius 2 is 2.06 bits per heavy atom. The van der Waals surface area contributed by atoms with Gasteiger partial charge in [-0.3, -0.25) is 15.1 Å². The van der Waals surface area contributed by atoms with Crippen molar-refractivity contribution in [3.63, 3.8) is 0 Å². The third-order valence-corrected chi connectivity index (χ3v) is 8.25. The zero-order chi connectivity index (χ0) is 24.0. The van der Waals surface area contributed by atoms with Crippen LogP contribution in [0.4, 0.5) is 5.69 Å². The Kier molecular flexibility index (Phi) is 9.46. The molecular formula is C26H33ClN3OPS. The summed E-state index contributed by atoms with van der Waals surface area (Å²) in [5.41, 5.74) is 3.94. The zero-order valence-corrected chi connectivity index (χ0v) is 22.5. The highest BCUT2D eigenvalue weighted by atomic mass is 35.5. The first-order valence-electron chi connectivity index (χ1n) is 11.4. The molecule has 7 heteroatoms. The molecule has 1 aromatic carbocycles. The van der Waals surface area contributed by atoms with E-state index in [1.807, 2.05) is 37.4 Å². The van der Waals surface area contributed by atoms with Crippen LogP contribution < -0.4 is 10.6 Å². The molecule has 0 aliphatic carbocycles. The third-order valence-electron chi connectivity index (χ3n) is 5.30. The summed E-state index contributed by atoms with van der Waals surface area (Å²) < 4.78 is 0.653. The normalized spacial score (nSPS) is 20.2. The Bertz CT molecular complexity index is 1050. The van der Waals surface area contributed by atoms with Crippen molar-refractivity contribution in [2.45, 2.75) is 59.3 Å². The molecule has 0 fully saturated rings. The molecule has 0 bridgehead atoms. The standard InChI is InChI=1S/C26H33ClN3OPS/c1-6-8-21-22(12-11-16(2)3)32-24(15-28-21)29-18(5)19-9-7-10-20(14-19)30-26(31)23-13-17(4)25(27)33-23/h7-10,12-16,18,24,29,32H,6,11H2,1-5H3,(H,30,31)/b21-8+,22-12-. The number of hydrogen-bond acceptors (Lipinski definition) is 4. The minimum atomic E-state index is -0.135. The third kappa shape index (κ3) is 7.35. The van der Waals surface area contributed by atoms with Gasteiger partial charge in [0.15, 0.2) is 0 Å². The number of benzene rings is 1. The van der Waals surface area contributed by atoms with E-state index in [2.05, 4.69) is 56.5 Å². The van der Waals surface area contributed by atoms with Crippen molar-refractivity contribution in [1.29, 1.82) is 0 Å². The van der Waals surface area contributed by atoms with E-state index in [4.69, 9.17) is 16.6 Å². The van der Waals surface area contributed by atoms with Crippen molar-refractivity contribution in [2.75, 3.05) is 5.32 Å². The van der Waals surface area contributed by atoms with E-state index >= 15 is 0 Å². The molecule has 0 saturated carbocycles. The van der Waals surface area contributed by atoms with Gasteiger partial charge in [-0.15, -0.1) is 11.3 Å². The molecule has 1 amide bonds. The second-order valence-corrected chi connectivity index (χ2v) is 11.8. The van der Waals surface area contributed by atoms with Gasteiger partial charge >= 0.3 is 0 Å². The summed E-state index contributed by atoms with van der Waals surface area (Å²) in [5.74, 6) is 0.694. The number of amides is 1. The maximum Gasteiger partial charge on any atom is 0.265 e. The number of nitrogens with zero attached hydrogens (tertiary/aromatic N) is 1. The quantitative estimate of drug-likeness (QED) is 0.361. The predicted octanol–water partition coefficient (Wildman–Crippen LogP) is 7.93. The Hall–Kier alpha value is -1.78. The molecule has 0 radical (unpaired) electrons. The second-order valence-electron chi connectivity index (χ2n) is 8.68. The molecule has 4 nitrogen and oxygen atoms in total. The fraction of sp³-hybridized carbons (Fsp3) is 0.385. The number of thiophene rings is 1. The molecule has 2 heterocycles. The maximum absolute atomic E-state index is 12.6. The van der Waals surface area contributed by atoms with Crippen LogP contribution in [-0.4, -0.2) is 17.9 Å². The Labute approximate surface area is 208 Å². The van der Waals surface area contributed by atoms with Gasteiger partial charge in [-0.1, -0.05) is 65.2 Å². The fourth-order valence-corrected chi connectivity index (χ4v) is 5.94. The van der Waals surface area contributed by atoms with E-state index in [1.54, 1.807) is 0 Å². The topological polar surface area (TPSA) is 53.5 Å². The highest BCUT2D eigenvalue weighted by Crippen LogP contribution is 2.39.